The van der Waals surface area contributed by atoms with Crippen molar-refractivity contribution >= 4 is 216 Å². The molecule has 6 heterocycles. The lowest BCUT2D eigenvalue weighted by molar-refractivity contribution is -0.128. The number of hydrogen-bond acceptors (Lipinski definition) is 28. The van der Waals surface area contributed by atoms with Crippen molar-refractivity contribution in [2.24, 2.45) is 11.8 Å². The highest BCUT2D eigenvalue weighted by atomic mass is 35.5. The van der Waals surface area contributed by atoms with Gasteiger partial charge in [0.25, 0.3) is 0 Å². The first-order chi connectivity index (χ1) is 69.5. The summed E-state index contributed by atoms with van der Waals surface area (Å²) in [6.45, 7) is 27.2. The number of aromatic nitrogens is 8. The van der Waals surface area contributed by atoms with Crippen LogP contribution >= 0.6 is 92.8 Å². The molecule has 4 aromatic heterocycles. The molecule has 1 saturated carbocycles. The minimum absolute atomic E-state index is 0.00243. The van der Waals surface area contributed by atoms with Gasteiger partial charge >= 0.3 is 0 Å². The molecule has 5 N–H and O–H groups in total. The molecule has 10 aromatic rings. The average molecular weight is 2150 g/mol. The fourth-order valence-corrected chi connectivity index (χ4v) is 18.4. The van der Waals surface area contributed by atoms with Crippen LogP contribution in [0.5, 0.6) is 51.7 Å². The van der Waals surface area contributed by atoms with Gasteiger partial charge in [0, 0.05) is 185 Å². The Hall–Kier alpha value is -13.3. The minimum Gasteiger partial charge on any atom is -0.496 e. The van der Waals surface area contributed by atoms with E-state index in [0.29, 0.717) is 70.5 Å². The summed E-state index contributed by atoms with van der Waals surface area (Å²) < 4.78 is 108. The summed E-state index contributed by atoms with van der Waals surface area (Å²) in [4.78, 5) is 100. The Morgan fingerprint density at radius 1 is 0.421 bits per heavy atom. The van der Waals surface area contributed by atoms with Crippen LogP contribution in [0.3, 0.4) is 0 Å². The number of nitrogens with one attached hydrogen (secondary N) is 5. The Balaban J connectivity index is 0.000000199. The van der Waals surface area contributed by atoms with Crippen LogP contribution in [0, 0.1) is 25.7 Å². The third-order valence-corrected chi connectivity index (χ3v) is 26.4. The van der Waals surface area contributed by atoms with Gasteiger partial charge in [-0.05, 0) is 117 Å². The van der Waals surface area contributed by atoms with Crippen molar-refractivity contribution in [2.45, 2.75) is 78.3 Å². The summed E-state index contributed by atoms with van der Waals surface area (Å²) in [5, 5.41) is 15.8. The summed E-state index contributed by atoms with van der Waals surface area (Å²) in [7, 11) is 12.8. The van der Waals surface area contributed by atoms with Crippen LogP contribution in [0.4, 0.5) is 64.1 Å². The van der Waals surface area contributed by atoms with Crippen molar-refractivity contribution in [2.75, 3.05) is 141 Å². The molecule has 2 saturated heterocycles. The number of ether oxygens (including phenoxy) is 9. The van der Waals surface area contributed by atoms with Gasteiger partial charge in [0.2, 0.25) is 35.6 Å². The van der Waals surface area contributed by atoms with Crippen LogP contribution in [0.2, 0.25) is 40.2 Å². The predicted molar refractivity (Wildman–Crippen MR) is 567 cm³/mol. The second kappa shape index (κ2) is 54.1. The van der Waals surface area contributed by atoms with E-state index in [-0.39, 0.29) is 192 Å². The topological polar surface area (TPSA) is 341 Å². The number of rotatable bonds is 38. The number of aryl methyl sites for hydroxylation is 1. The zero-order valence-corrected chi connectivity index (χ0v) is 87.4. The minimum atomic E-state index is -0.725. The number of anilines is 8. The van der Waals surface area contributed by atoms with Crippen molar-refractivity contribution in [3.8, 4) is 51.7 Å². The number of nitrogens with zero attached hydrogens (tertiary/aromatic N) is 11. The quantitative estimate of drug-likeness (QED) is 0.0177. The number of ketones is 3. The van der Waals surface area contributed by atoms with Crippen molar-refractivity contribution in [1.82, 2.24) is 49.7 Å². The van der Waals surface area contributed by atoms with Crippen molar-refractivity contribution in [3.05, 3.63) is 250 Å². The molecule has 42 heteroatoms. The number of carbonyl (C=O) groups is 5. The first kappa shape index (κ1) is 114. The fourth-order valence-electron chi connectivity index (χ4n) is 15.7. The van der Waals surface area contributed by atoms with Crippen molar-refractivity contribution in [3.63, 3.8) is 0 Å². The third kappa shape index (κ3) is 29.3. The number of allylic oxidation sites excluding steroid dienone is 3. The molecule has 13 rings (SSSR count). The lowest BCUT2D eigenvalue weighted by Crippen LogP contribution is -2.46. The molecule has 1 aliphatic carbocycles. The van der Waals surface area contributed by atoms with E-state index in [0.717, 1.165) is 74.4 Å². The van der Waals surface area contributed by atoms with Crippen LogP contribution < -0.4 is 74.1 Å². The van der Waals surface area contributed by atoms with Crippen LogP contribution in [0.1, 0.15) is 107 Å². The molecule has 2 unspecified atom stereocenters. The zero-order chi connectivity index (χ0) is 106. The lowest BCUT2D eigenvalue weighted by Gasteiger charge is -2.36. The molecular weight excluding hydrogens is 2040 g/mol. The number of likely N-dealkylation sites (tertiary alicyclic amines) is 1. The highest BCUT2D eigenvalue weighted by Gasteiger charge is 2.37. The molecule has 3 fully saturated rings. The normalized spacial score (nSPS) is 15.2. The molecule has 3 aliphatic rings. The van der Waals surface area contributed by atoms with E-state index in [1.165, 1.54) is 186 Å². The van der Waals surface area contributed by atoms with Gasteiger partial charge in [-0.3, -0.25) is 24.0 Å². The largest absolute Gasteiger partial charge is 0.496 e. The summed E-state index contributed by atoms with van der Waals surface area (Å²) in [6.07, 6.45) is 25.3. The number of methoxy groups -OCH3 is 9. The summed E-state index contributed by atoms with van der Waals surface area (Å²) >= 11 is 50.4. The monoisotopic (exact) mass is 2150 g/mol. The number of benzene rings is 6. The SMILES string of the molecule is C=CC(=O)CC1CN(C(C)=O)CC1Nc1ncc(/C=C(\F)c2c(Cl)c(OC)cc(OC)c2Cl)cn1.C=CC(=O)C[C@@H]1CCC[C@@H]1Nc1ncc(/C=C(\F)c2c(Cl)c(OC)cc(OC)c2Cl)cn1.C=CC(=O)Cc1ccc(OC)c(C)c1Nc1ncc(/C=C(\F)c2c(Cl)c(OC)cc(OC)c2Cl)cn1.C=CC(=O)Nc1cc(N2CCN(CC)CC2)cc(C)c1Nc1ncc(/C=C(\F)c2c(Cl)c(OC)cc(OC)c2Cl)cn1. The number of carbonyl (C=O) groups excluding carboxylic acids is 5. The van der Waals surface area contributed by atoms with E-state index in [9.17, 15) is 24.0 Å². The molecule has 0 spiro atoms. The molecule has 30 nitrogen and oxygen atoms in total. The highest BCUT2D eigenvalue weighted by molar-refractivity contribution is 6.42. The fraction of sp³-hybridized carbons (Fsp3) is 0.291. The molecule has 2 amide bonds. The van der Waals surface area contributed by atoms with Crippen molar-refractivity contribution in [1.29, 1.82) is 0 Å². The van der Waals surface area contributed by atoms with Gasteiger partial charge < -0.3 is 83.9 Å². The molecule has 4 atom stereocenters. The van der Waals surface area contributed by atoms with E-state index < -0.39 is 23.3 Å². The summed E-state index contributed by atoms with van der Waals surface area (Å²) in [5.74, 6) is 0.257. The summed E-state index contributed by atoms with van der Waals surface area (Å²) in [6, 6.07) is 13.4. The molecule has 766 valence electrons. The van der Waals surface area contributed by atoms with E-state index in [1.807, 2.05) is 19.9 Å². The van der Waals surface area contributed by atoms with Crippen LogP contribution in [-0.4, -0.2) is 201 Å². The Morgan fingerprint density at radius 3 is 1.10 bits per heavy atom. The van der Waals surface area contributed by atoms with Gasteiger partial charge in [0.05, 0.1) is 150 Å². The van der Waals surface area contributed by atoms with Gasteiger partial charge in [0.15, 0.2) is 17.3 Å². The molecule has 6 aromatic carbocycles. The average Bonchev–Trinajstić information content (AvgIpc) is 1.79. The lowest BCUT2D eigenvalue weighted by atomic mass is 9.97. The van der Waals surface area contributed by atoms with Crippen molar-refractivity contribution < 1.29 is 84.2 Å². The van der Waals surface area contributed by atoms with Gasteiger partial charge in [-0.25, -0.2) is 57.4 Å². The molecular formula is C103H106Cl8F4N16O14. The number of likely N-dealkylation sites (N-methyl/N-ethyl adjacent to an activating group) is 1. The number of hydrogen-bond donors (Lipinski definition) is 5. The Kier molecular flexibility index (Phi) is 42.4. The number of piperazine rings is 1. The molecule has 0 radical (unpaired) electrons. The first-order valence-electron chi connectivity index (χ1n) is 44.7. The maximum absolute atomic E-state index is 15.4. The van der Waals surface area contributed by atoms with Gasteiger partial charge in [0.1, 0.15) is 75.1 Å². The maximum atomic E-state index is 15.4. The zero-order valence-electron chi connectivity index (χ0n) is 81.4. The van der Waals surface area contributed by atoms with E-state index in [4.69, 9.17) is 135 Å². The van der Waals surface area contributed by atoms with Gasteiger partial charge in [-0.15, -0.1) is 0 Å². The second-order valence-electron chi connectivity index (χ2n) is 32.4. The maximum Gasteiger partial charge on any atom is 0.247 e. The van der Waals surface area contributed by atoms with E-state index >= 15 is 17.6 Å². The third-order valence-electron chi connectivity index (χ3n) is 23.4. The smallest absolute Gasteiger partial charge is 0.247 e. The Labute approximate surface area is 877 Å². The van der Waals surface area contributed by atoms with Crippen LogP contribution in [0.25, 0.3) is 47.6 Å². The number of halogens is 12. The highest BCUT2D eigenvalue weighted by Crippen LogP contribution is 2.50. The molecule has 0 bridgehead atoms. The standard InChI is InChI=1S/C30H33Cl2FN6O3.C26H24Cl2FN3O4.C24H25Cl2FN4O4.C23H24Cl2FN3O3/c1-6-25(40)36-22-14-20(39-10-8-38(7-2)9-11-39)12-18(3)29(22)37-30-34-16-19(17-35-30)13-21(33)26-27(31)23(41-4)15-24(42-5)28(26)32;1-6-17(33)10-16-7-8-19(34-3)14(2)25(16)32-26-30-12-15(13-31-26)9-18(29)22-23(27)20(35-4)11-21(36-5)24(22)28;1-5-16(33)7-15-11-31(13(2)32)12-18(15)30-24-28-9-14(10-29-24)6-17(27)21-22(25)19(34-3)8-20(35-4)23(21)26;1-4-15(30)9-14-6-5-7-17(14)29-23-27-11-13(12-28-23)8-16(26)20-21(24)18(31-2)10-19(32-3)22(20)25/h6,12-17H,1,7-11H2,2-5H3,(H,36,40)(H,34,35,37);6-9,11-13H,1,10H2,2-5H3,(H,30,31,32);5-6,8-10,15,18H,1,7,11-12H2,2-4H3,(H,28,29,30);4,8,10-12,14,17H,1,5-7,9H2,2-3H3,(H,27,28,29)/b21-13-;18-9-;17-6-;16-8-/t;;;14-,17-/m...0/s1. The predicted octanol–water partition coefficient (Wildman–Crippen LogP) is 23.9. The van der Waals surface area contributed by atoms with E-state index in [1.54, 1.807) is 24.1 Å². The first-order valence-corrected chi connectivity index (χ1v) is 47.7. The molecule has 145 heavy (non-hydrogen) atoms. The number of amides is 2. The van der Waals surface area contributed by atoms with Crippen LogP contribution in [-0.2, 0) is 30.4 Å². The Bertz CT molecular complexity index is 6440. The summed E-state index contributed by atoms with van der Waals surface area (Å²) in [5.41, 5.74) is 6.52. The Morgan fingerprint density at radius 2 is 0.766 bits per heavy atom. The second-order valence-corrected chi connectivity index (χ2v) is 35.4. The molecule has 2 aliphatic heterocycles. The van der Waals surface area contributed by atoms with E-state index in [2.05, 4.69) is 116 Å². The van der Waals surface area contributed by atoms with Gasteiger partial charge in [-0.1, -0.05) is 139 Å². The van der Waals surface area contributed by atoms with Gasteiger partial charge in [-0.2, -0.15) is 0 Å². The van der Waals surface area contributed by atoms with Crippen LogP contribution in [0.15, 0.2) is 149 Å².